The lowest BCUT2D eigenvalue weighted by atomic mass is 10.3. The fraction of sp³-hybridized carbons (Fsp3) is 0.625. The van der Waals surface area contributed by atoms with Crippen molar-refractivity contribution in [2.75, 3.05) is 59.5 Å². The van der Waals surface area contributed by atoms with E-state index in [1.165, 1.54) is 0 Å². The van der Waals surface area contributed by atoms with E-state index in [0.29, 0.717) is 52.0 Å². The summed E-state index contributed by atoms with van der Waals surface area (Å²) < 4.78 is 26.1. The molecule has 23 heavy (non-hydrogen) atoms. The van der Waals surface area contributed by atoms with Crippen molar-refractivity contribution in [1.82, 2.24) is 0 Å². The predicted molar refractivity (Wildman–Crippen MR) is 83.4 cm³/mol. The van der Waals surface area contributed by atoms with Gasteiger partial charge in [0.1, 0.15) is 12.4 Å². The van der Waals surface area contributed by atoms with Gasteiger partial charge in [-0.25, -0.2) is 0 Å². The third kappa shape index (κ3) is 11.9. The highest BCUT2D eigenvalue weighted by atomic mass is 16.6. The van der Waals surface area contributed by atoms with Crippen LogP contribution in [0.25, 0.3) is 0 Å². The molecule has 0 heterocycles. The van der Waals surface area contributed by atoms with Crippen LogP contribution in [0.3, 0.4) is 0 Å². The van der Waals surface area contributed by atoms with Crippen molar-refractivity contribution in [2.24, 2.45) is 0 Å². The normalized spacial score (nSPS) is 12.3. The van der Waals surface area contributed by atoms with Gasteiger partial charge in [0.05, 0.1) is 52.9 Å². The monoisotopic (exact) mass is 330 g/mol. The Labute approximate surface area is 136 Å². The summed E-state index contributed by atoms with van der Waals surface area (Å²) in [7, 11) is 0. The van der Waals surface area contributed by atoms with E-state index in [9.17, 15) is 5.11 Å². The van der Waals surface area contributed by atoms with Gasteiger partial charge >= 0.3 is 0 Å². The molecule has 1 unspecified atom stereocenters. The van der Waals surface area contributed by atoms with Crippen LogP contribution in [0.4, 0.5) is 0 Å². The van der Waals surface area contributed by atoms with Gasteiger partial charge in [-0.05, 0) is 12.1 Å². The zero-order valence-electron chi connectivity index (χ0n) is 13.3. The summed E-state index contributed by atoms with van der Waals surface area (Å²) in [5.41, 5.74) is 0. The second kappa shape index (κ2) is 14.4. The van der Waals surface area contributed by atoms with Crippen LogP contribution in [-0.4, -0.2) is 76.0 Å². The van der Waals surface area contributed by atoms with Crippen LogP contribution in [0.1, 0.15) is 0 Å². The Hall–Kier alpha value is -1.22. The molecule has 0 aliphatic carbocycles. The number of hydrogen-bond acceptors (Lipinski definition) is 7. The second-order valence-electron chi connectivity index (χ2n) is 4.52. The van der Waals surface area contributed by atoms with Crippen LogP contribution in [-0.2, 0) is 18.9 Å². The molecule has 1 aromatic carbocycles. The van der Waals surface area contributed by atoms with Crippen molar-refractivity contribution in [3.8, 4) is 5.75 Å². The van der Waals surface area contributed by atoms with E-state index in [-0.39, 0.29) is 13.2 Å². The second-order valence-corrected chi connectivity index (χ2v) is 4.52. The van der Waals surface area contributed by atoms with Gasteiger partial charge in [0.15, 0.2) is 0 Å². The molecule has 0 aromatic heterocycles. The maximum Gasteiger partial charge on any atom is 0.221 e. The maximum atomic E-state index is 9.63. The summed E-state index contributed by atoms with van der Waals surface area (Å²) in [6.45, 7) is 3.10. The molecular weight excluding hydrogens is 304 g/mol. The van der Waals surface area contributed by atoms with E-state index in [4.69, 9.17) is 28.8 Å². The van der Waals surface area contributed by atoms with Crippen LogP contribution in [0, 0.1) is 0 Å². The van der Waals surface area contributed by atoms with Crippen LogP contribution in [0.15, 0.2) is 30.3 Å². The molecule has 0 fully saturated rings. The first kappa shape index (κ1) is 19.8. The highest BCUT2D eigenvalue weighted by Gasteiger charge is 2.05. The average Bonchev–Trinajstić information content (AvgIpc) is 2.57. The highest BCUT2D eigenvalue weighted by molar-refractivity contribution is 5.20. The van der Waals surface area contributed by atoms with Gasteiger partial charge in [-0.1, -0.05) is 18.2 Å². The Morgan fingerprint density at radius 1 is 0.739 bits per heavy atom. The summed E-state index contributed by atoms with van der Waals surface area (Å²) in [5, 5.41) is 18.1. The first-order valence-corrected chi connectivity index (χ1v) is 7.64. The smallest absolute Gasteiger partial charge is 0.221 e. The Kier molecular flexibility index (Phi) is 12.4. The molecule has 1 rings (SSSR count). The standard InChI is InChI=1S/C16H26O7/c17-6-7-19-8-9-20-10-11-21-12-13-22-14-16(18)23-15-4-2-1-3-5-15/h1-5,16-18H,6-14H2. The predicted octanol–water partition coefficient (Wildman–Crippen LogP) is 0.443. The fourth-order valence-corrected chi connectivity index (χ4v) is 1.60. The lowest BCUT2D eigenvalue weighted by Gasteiger charge is -2.13. The van der Waals surface area contributed by atoms with E-state index >= 15 is 0 Å². The maximum absolute atomic E-state index is 9.63. The van der Waals surface area contributed by atoms with Crippen LogP contribution >= 0.6 is 0 Å². The summed E-state index contributed by atoms with van der Waals surface area (Å²) >= 11 is 0. The number of hydrogen-bond donors (Lipinski definition) is 2. The minimum Gasteiger partial charge on any atom is -0.463 e. The third-order valence-electron chi connectivity index (χ3n) is 2.63. The fourth-order valence-electron chi connectivity index (χ4n) is 1.60. The molecule has 2 N–H and O–H groups in total. The van der Waals surface area contributed by atoms with Crippen molar-refractivity contribution in [3.05, 3.63) is 30.3 Å². The van der Waals surface area contributed by atoms with Crippen molar-refractivity contribution < 1.29 is 33.9 Å². The lowest BCUT2D eigenvalue weighted by molar-refractivity contribution is -0.0859. The number of aliphatic hydroxyl groups excluding tert-OH is 2. The molecular formula is C16H26O7. The van der Waals surface area contributed by atoms with E-state index in [2.05, 4.69) is 0 Å². The number of rotatable bonds is 15. The van der Waals surface area contributed by atoms with Crippen LogP contribution < -0.4 is 4.74 Å². The van der Waals surface area contributed by atoms with E-state index in [1.54, 1.807) is 12.1 Å². The molecule has 0 aliphatic rings. The molecule has 0 radical (unpaired) electrons. The summed E-state index contributed by atoms with van der Waals surface area (Å²) in [5.74, 6) is 0.597. The molecule has 0 saturated carbocycles. The van der Waals surface area contributed by atoms with Crippen molar-refractivity contribution in [2.45, 2.75) is 6.29 Å². The van der Waals surface area contributed by atoms with Crippen molar-refractivity contribution in [1.29, 1.82) is 0 Å². The molecule has 0 amide bonds. The molecule has 0 bridgehead atoms. The Bertz CT molecular complexity index is 361. The zero-order chi connectivity index (χ0) is 16.6. The van der Waals surface area contributed by atoms with Crippen molar-refractivity contribution in [3.63, 3.8) is 0 Å². The highest BCUT2D eigenvalue weighted by Crippen LogP contribution is 2.09. The number of aliphatic hydroxyl groups is 2. The average molecular weight is 330 g/mol. The quantitative estimate of drug-likeness (QED) is 0.356. The Morgan fingerprint density at radius 3 is 1.83 bits per heavy atom. The third-order valence-corrected chi connectivity index (χ3v) is 2.63. The largest absolute Gasteiger partial charge is 0.463 e. The topological polar surface area (TPSA) is 86.6 Å². The summed E-state index contributed by atoms with van der Waals surface area (Å²) in [6, 6.07) is 9.07. The van der Waals surface area contributed by atoms with Gasteiger partial charge in [0.25, 0.3) is 0 Å². The molecule has 7 nitrogen and oxygen atoms in total. The lowest BCUT2D eigenvalue weighted by Crippen LogP contribution is -2.23. The Morgan fingerprint density at radius 2 is 1.26 bits per heavy atom. The van der Waals surface area contributed by atoms with Gasteiger partial charge in [-0.2, -0.15) is 0 Å². The zero-order valence-corrected chi connectivity index (χ0v) is 13.3. The molecule has 1 aromatic rings. The summed E-state index contributed by atoms with van der Waals surface area (Å²) in [6.07, 6.45) is -1.00. The number of para-hydroxylation sites is 1. The van der Waals surface area contributed by atoms with Gasteiger partial charge in [0.2, 0.25) is 6.29 Å². The van der Waals surface area contributed by atoms with Gasteiger partial charge in [0, 0.05) is 0 Å². The molecule has 0 spiro atoms. The van der Waals surface area contributed by atoms with Crippen molar-refractivity contribution >= 4 is 0 Å². The van der Waals surface area contributed by atoms with Gasteiger partial charge in [-0.15, -0.1) is 0 Å². The first-order chi connectivity index (χ1) is 11.3. The van der Waals surface area contributed by atoms with Crippen LogP contribution in [0.5, 0.6) is 5.75 Å². The SMILES string of the molecule is OCCOCCOCCOCCOCC(O)Oc1ccccc1. The molecule has 0 aliphatic heterocycles. The Balaban J connectivity index is 1.82. The van der Waals surface area contributed by atoms with Gasteiger partial charge in [-0.3, -0.25) is 0 Å². The first-order valence-electron chi connectivity index (χ1n) is 7.64. The number of ether oxygens (including phenoxy) is 5. The van der Waals surface area contributed by atoms with Crippen LogP contribution in [0.2, 0.25) is 0 Å². The number of benzene rings is 1. The molecule has 132 valence electrons. The van der Waals surface area contributed by atoms with E-state index in [1.807, 2.05) is 18.2 Å². The molecule has 1 atom stereocenters. The molecule has 0 saturated heterocycles. The van der Waals surface area contributed by atoms with E-state index in [0.717, 1.165) is 0 Å². The van der Waals surface area contributed by atoms with Gasteiger partial charge < -0.3 is 33.9 Å². The van der Waals surface area contributed by atoms with E-state index < -0.39 is 6.29 Å². The minimum absolute atomic E-state index is 0.0220. The summed E-state index contributed by atoms with van der Waals surface area (Å²) in [4.78, 5) is 0. The minimum atomic E-state index is -1.00. The molecule has 7 heteroatoms.